The van der Waals surface area contributed by atoms with Crippen LogP contribution in [0.1, 0.15) is 10.5 Å². The number of amides is 1. The van der Waals surface area contributed by atoms with Crippen LogP contribution < -0.4 is 5.32 Å². The van der Waals surface area contributed by atoms with Crippen molar-refractivity contribution < 1.29 is 4.79 Å². The minimum atomic E-state index is -0.277. The van der Waals surface area contributed by atoms with Gasteiger partial charge in [-0.05, 0) is 12.1 Å². The van der Waals surface area contributed by atoms with Crippen LogP contribution in [0, 0.1) is 0 Å². The molecule has 0 aliphatic rings. The predicted molar refractivity (Wildman–Crippen MR) is 81.0 cm³/mol. The molecule has 118 valence electrons. The zero-order valence-electron chi connectivity index (χ0n) is 12.2. The molecule has 23 heavy (non-hydrogen) atoms. The number of aryl methyl sites for hydroxylation is 1. The second-order valence-electron chi connectivity index (χ2n) is 4.45. The molecule has 3 aromatic heterocycles. The summed E-state index contributed by atoms with van der Waals surface area (Å²) in [5.74, 6) is 0.904. The quantitative estimate of drug-likeness (QED) is 0.484. The molecule has 0 saturated carbocycles. The maximum absolute atomic E-state index is 12.0. The lowest BCUT2D eigenvalue weighted by Gasteiger charge is -2.04. The Hall–Kier alpha value is -2.82. The molecule has 3 heterocycles. The van der Waals surface area contributed by atoms with E-state index in [1.807, 2.05) is 11.6 Å². The van der Waals surface area contributed by atoms with E-state index in [9.17, 15) is 4.79 Å². The van der Waals surface area contributed by atoms with Crippen molar-refractivity contribution in [2.45, 2.75) is 5.16 Å². The molecule has 1 amide bonds. The van der Waals surface area contributed by atoms with Gasteiger partial charge in [0.2, 0.25) is 0 Å². The van der Waals surface area contributed by atoms with Gasteiger partial charge in [-0.25, -0.2) is 9.67 Å². The molecule has 11 heteroatoms. The SMILES string of the molecule is Cn1cnnc1SCCNC(=O)c1ccc(-n2cncn2)nn1. The highest BCUT2D eigenvalue weighted by atomic mass is 32.2. The minimum absolute atomic E-state index is 0.248. The minimum Gasteiger partial charge on any atom is -0.350 e. The number of aromatic nitrogens is 8. The zero-order chi connectivity index (χ0) is 16.1. The van der Waals surface area contributed by atoms with E-state index in [1.165, 1.54) is 29.1 Å². The van der Waals surface area contributed by atoms with Gasteiger partial charge in [-0.3, -0.25) is 4.79 Å². The largest absolute Gasteiger partial charge is 0.350 e. The Kier molecular flexibility index (Phi) is 4.57. The monoisotopic (exact) mass is 331 g/mol. The average Bonchev–Trinajstić information content (AvgIpc) is 3.23. The Bertz CT molecular complexity index is 768. The number of carbonyl (C=O) groups is 1. The van der Waals surface area contributed by atoms with Crippen molar-refractivity contribution in [2.75, 3.05) is 12.3 Å². The summed E-state index contributed by atoms with van der Waals surface area (Å²) in [5.41, 5.74) is 0.248. The van der Waals surface area contributed by atoms with Gasteiger partial charge in [0.15, 0.2) is 16.7 Å². The summed E-state index contributed by atoms with van der Waals surface area (Å²) in [6, 6.07) is 3.25. The van der Waals surface area contributed by atoms with Crippen molar-refractivity contribution in [1.82, 2.24) is 45.0 Å². The number of hydrogen-bond donors (Lipinski definition) is 1. The lowest BCUT2D eigenvalue weighted by atomic mass is 10.3. The highest BCUT2D eigenvalue weighted by Crippen LogP contribution is 2.11. The summed E-state index contributed by atoms with van der Waals surface area (Å²) in [4.78, 5) is 15.8. The lowest BCUT2D eigenvalue weighted by molar-refractivity contribution is 0.0950. The Labute approximate surface area is 135 Å². The van der Waals surface area contributed by atoms with E-state index in [2.05, 4.69) is 35.8 Å². The molecule has 0 aliphatic heterocycles. The van der Waals surface area contributed by atoms with Crippen molar-refractivity contribution in [3.05, 3.63) is 36.8 Å². The lowest BCUT2D eigenvalue weighted by Crippen LogP contribution is -2.27. The topological polar surface area (TPSA) is 116 Å². The number of rotatable bonds is 6. The van der Waals surface area contributed by atoms with Gasteiger partial charge in [0, 0.05) is 19.3 Å². The van der Waals surface area contributed by atoms with Gasteiger partial charge < -0.3 is 9.88 Å². The first-order chi connectivity index (χ1) is 11.2. The number of carbonyl (C=O) groups excluding carboxylic acids is 1. The van der Waals surface area contributed by atoms with Crippen molar-refractivity contribution in [2.24, 2.45) is 7.05 Å². The molecule has 0 aromatic carbocycles. The summed E-state index contributed by atoms with van der Waals surface area (Å²) in [5, 5.41) is 23.1. The molecule has 0 spiro atoms. The Morgan fingerprint density at radius 1 is 1.26 bits per heavy atom. The number of hydrogen-bond acceptors (Lipinski definition) is 8. The van der Waals surface area contributed by atoms with Crippen LogP contribution >= 0.6 is 11.8 Å². The summed E-state index contributed by atoms with van der Waals surface area (Å²) >= 11 is 1.51. The van der Waals surface area contributed by atoms with Crippen LogP contribution in [0.2, 0.25) is 0 Å². The summed E-state index contributed by atoms with van der Waals surface area (Å²) in [6.45, 7) is 0.489. The molecule has 0 bridgehead atoms. The standard InChI is InChI=1S/C12H13N9OS/c1-20-8-15-19-12(20)23-5-4-14-11(22)9-2-3-10(18-17-9)21-7-13-6-16-21/h2-3,6-8H,4-5H2,1H3,(H,14,22). The fraction of sp³-hybridized carbons (Fsp3) is 0.250. The number of nitrogens with zero attached hydrogens (tertiary/aromatic N) is 8. The van der Waals surface area contributed by atoms with Crippen molar-refractivity contribution >= 4 is 17.7 Å². The molecular formula is C12H13N9OS. The first-order valence-corrected chi connectivity index (χ1v) is 7.66. The van der Waals surface area contributed by atoms with Crippen LogP contribution in [0.5, 0.6) is 0 Å². The fourth-order valence-corrected chi connectivity index (χ4v) is 2.44. The second-order valence-corrected chi connectivity index (χ2v) is 5.51. The van der Waals surface area contributed by atoms with Gasteiger partial charge in [0.05, 0.1) is 0 Å². The maximum atomic E-state index is 12.0. The molecular weight excluding hydrogens is 318 g/mol. The molecule has 3 aromatic rings. The third kappa shape index (κ3) is 3.69. The molecule has 0 radical (unpaired) electrons. The highest BCUT2D eigenvalue weighted by molar-refractivity contribution is 7.99. The van der Waals surface area contributed by atoms with E-state index < -0.39 is 0 Å². The average molecular weight is 331 g/mol. The Morgan fingerprint density at radius 3 is 2.83 bits per heavy atom. The van der Waals surface area contributed by atoms with Gasteiger partial charge in [0.1, 0.15) is 19.0 Å². The van der Waals surface area contributed by atoms with Crippen molar-refractivity contribution in [1.29, 1.82) is 0 Å². The van der Waals surface area contributed by atoms with E-state index in [1.54, 1.807) is 18.5 Å². The Morgan fingerprint density at radius 2 is 2.17 bits per heavy atom. The third-order valence-corrected chi connectivity index (χ3v) is 3.86. The predicted octanol–water partition coefficient (Wildman–Crippen LogP) is -0.292. The van der Waals surface area contributed by atoms with Crippen molar-refractivity contribution in [3.63, 3.8) is 0 Å². The van der Waals surface area contributed by atoms with Crippen LogP contribution in [-0.2, 0) is 7.05 Å². The first-order valence-electron chi connectivity index (χ1n) is 6.68. The summed E-state index contributed by atoms with van der Waals surface area (Å²) in [6.07, 6.45) is 4.54. The second kappa shape index (κ2) is 6.96. The van der Waals surface area contributed by atoms with E-state index in [-0.39, 0.29) is 11.6 Å². The zero-order valence-corrected chi connectivity index (χ0v) is 13.0. The van der Waals surface area contributed by atoms with Crippen LogP contribution in [0.15, 0.2) is 36.3 Å². The molecule has 10 nitrogen and oxygen atoms in total. The van der Waals surface area contributed by atoms with Crippen LogP contribution in [0.25, 0.3) is 5.82 Å². The highest BCUT2D eigenvalue weighted by Gasteiger charge is 2.09. The van der Waals surface area contributed by atoms with Crippen molar-refractivity contribution in [3.8, 4) is 5.82 Å². The Balaban J connectivity index is 1.49. The summed E-state index contributed by atoms with van der Waals surface area (Å²) in [7, 11) is 1.87. The smallest absolute Gasteiger partial charge is 0.271 e. The summed E-state index contributed by atoms with van der Waals surface area (Å²) < 4.78 is 3.28. The number of nitrogens with one attached hydrogen (secondary N) is 1. The molecule has 0 atom stereocenters. The van der Waals surface area contributed by atoms with E-state index in [4.69, 9.17) is 0 Å². The fourth-order valence-electron chi connectivity index (χ4n) is 1.70. The van der Waals surface area contributed by atoms with Gasteiger partial charge in [-0.15, -0.1) is 20.4 Å². The van der Waals surface area contributed by atoms with E-state index >= 15 is 0 Å². The van der Waals surface area contributed by atoms with E-state index in [0.29, 0.717) is 18.1 Å². The molecule has 0 saturated heterocycles. The third-order valence-electron chi connectivity index (χ3n) is 2.83. The molecule has 1 N–H and O–H groups in total. The maximum Gasteiger partial charge on any atom is 0.271 e. The van der Waals surface area contributed by atoms with E-state index in [0.717, 1.165) is 5.16 Å². The normalized spacial score (nSPS) is 10.7. The van der Waals surface area contributed by atoms with Crippen LogP contribution in [0.3, 0.4) is 0 Å². The van der Waals surface area contributed by atoms with Crippen LogP contribution in [-0.4, -0.2) is 57.9 Å². The molecule has 3 rings (SSSR count). The van der Waals surface area contributed by atoms with Gasteiger partial charge >= 0.3 is 0 Å². The molecule has 0 aliphatic carbocycles. The van der Waals surface area contributed by atoms with Gasteiger partial charge in [-0.1, -0.05) is 11.8 Å². The van der Waals surface area contributed by atoms with Crippen LogP contribution in [0.4, 0.5) is 0 Å². The van der Waals surface area contributed by atoms with Gasteiger partial charge in [-0.2, -0.15) is 5.10 Å². The van der Waals surface area contributed by atoms with Gasteiger partial charge in [0.25, 0.3) is 5.91 Å². The molecule has 0 unspecified atom stereocenters. The number of thioether (sulfide) groups is 1. The first kappa shape index (κ1) is 15.1. The molecule has 0 fully saturated rings.